The van der Waals surface area contributed by atoms with Crippen molar-refractivity contribution in [1.82, 2.24) is 5.32 Å². The summed E-state index contributed by atoms with van der Waals surface area (Å²) in [6.07, 6.45) is 3.01. The first-order chi connectivity index (χ1) is 11.0. The van der Waals surface area contributed by atoms with E-state index in [-0.39, 0.29) is 12.5 Å². The lowest BCUT2D eigenvalue weighted by Crippen LogP contribution is -2.48. The SMILES string of the molecule is CCCCC(NC(=O)CN1C(=O)CCc2ccccc21)C(=O)O. The number of aliphatic carboxylic acids is 1. The minimum absolute atomic E-state index is 0.112. The van der Waals surface area contributed by atoms with Crippen molar-refractivity contribution in [2.75, 3.05) is 11.4 Å². The summed E-state index contributed by atoms with van der Waals surface area (Å²) in [6.45, 7) is 1.82. The number of rotatable bonds is 7. The molecule has 6 nitrogen and oxygen atoms in total. The molecule has 1 aliphatic rings. The molecule has 1 heterocycles. The number of fused-ring (bicyclic) bond motifs is 1. The van der Waals surface area contributed by atoms with Crippen molar-refractivity contribution in [2.45, 2.75) is 45.1 Å². The number of carboxylic acids is 1. The lowest BCUT2D eigenvalue weighted by molar-refractivity contribution is -0.141. The average Bonchev–Trinajstić information content (AvgIpc) is 2.54. The highest BCUT2D eigenvalue weighted by Crippen LogP contribution is 2.27. The number of carbonyl (C=O) groups is 3. The van der Waals surface area contributed by atoms with Crippen LogP contribution in [-0.4, -0.2) is 35.5 Å². The maximum atomic E-state index is 12.2. The molecule has 2 amide bonds. The maximum absolute atomic E-state index is 12.2. The van der Waals surface area contributed by atoms with Gasteiger partial charge in [0.2, 0.25) is 11.8 Å². The number of unbranched alkanes of at least 4 members (excludes halogenated alkanes) is 1. The molecule has 1 aromatic rings. The van der Waals surface area contributed by atoms with Gasteiger partial charge in [-0.05, 0) is 24.5 Å². The lowest BCUT2D eigenvalue weighted by Gasteiger charge is -2.29. The molecule has 2 rings (SSSR count). The van der Waals surface area contributed by atoms with Crippen LogP contribution < -0.4 is 10.2 Å². The van der Waals surface area contributed by atoms with Gasteiger partial charge in [-0.3, -0.25) is 9.59 Å². The quantitative estimate of drug-likeness (QED) is 0.801. The van der Waals surface area contributed by atoms with E-state index in [1.54, 1.807) is 0 Å². The summed E-state index contributed by atoms with van der Waals surface area (Å²) in [4.78, 5) is 36.9. The predicted octanol–water partition coefficient (Wildman–Crippen LogP) is 1.73. The molecule has 6 heteroatoms. The number of aryl methyl sites for hydroxylation is 1. The van der Waals surface area contributed by atoms with Crippen molar-refractivity contribution in [2.24, 2.45) is 0 Å². The van der Waals surface area contributed by atoms with E-state index in [0.29, 0.717) is 19.3 Å². The minimum atomic E-state index is -1.04. The molecule has 0 spiro atoms. The summed E-state index contributed by atoms with van der Waals surface area (Å²) < 4.78 is 0. The molecule has 0 fully saturated rings. The van der Waals surface area contributed by atoms with Crippen LogP contribution >= 0.6 is 0 Å². The Bertz CT molecular complexity index is 600. The number of carbonyl (C=O) groups excluding carboxylic acids is 2. The third-order valence-electron chi connectivity index (χ3n) is 3.97. The fourth-order valence-corrected chi connectivity index (χ4v) is 2.72. The summed E-state index contributed by atoms with van der Waals surface area (Å²) in [7, 11) is 0. The second-order valence-corrected chi connectivity index (χ2v) is 5.71. The molecule has 124 valence electrons. The normalized spacial score (nSPS) is 15.0. The Balaban J connectivity index is 2.04. The Hall–Kier alpha value is -2.37. The first-order valence-electron chi connectivity index (χ1n) is 7.93. The van der Waals surface area contributed by atoms with E-state index in [4.69, 9.17) is 5.11 Å². The van der Waals surface area contributed by atoms with E-state index in [9.17, 15) is 14.4 Å². The number of amides is 2. The maximum Gasteiger partial charge on any atom is 0.326 e. The average molecular weight is 318 g/mol. The Morgan fingerprint density at radius 3 is 2.74 bits per heavy atom. The van der Waals surface area contributed by atoms with E-state index in [2.05, 4.69) is 5.32 Å². The van der Waals surface area contributed by atoms with Gasteiger partial charge in [-0.1, -0.05) is 38.0 Å². The summed E-state index contributed by atoms with van der Waals surface area (Å²) in [5.74, 6) is -1.60. The molecule has 1 unspecified atom stereocenters. The highest BCUT2D eigenvalue weighted by molar-refractivity contribution is 6.01. The van der Waals surface area contributed by atoms with Crippen LogP contribution in [0.15, 0.2) is 24.3 Å². The summed E-state index contributed by atoms with van der Waals surface area (Å²) in [6, 6.07) is 6.57. The molecule has 0 saturated heterocycles. The van der Waals surface area contributed by atoms with Gasteiger partial charge in [-0.25, -0.2) is 4.79 Å². The van der Waals surface area contributed by atoms with Crippen molar-refractivity contribution in [3.05, 3.63) is 29.8 Å². The van der Waals surface area contributed by atoms with Crippen molar-refractivity contribution in [3.8, 4) is 0 Å². The summed E-state index contributed by atoms with van der Waals surface area (Å²) in [5.41, 5.74) is 1.76. The van der Waals surface area contributed by atoms with Gasteiger partial charge < -0.3 is 15.3 Å². The molecule has 1 atom stereocenters. The standard InChI is InChI=1S/C17H22N2O4/c1-2-3-7-13(17(22)23)18-15(20)11-19-14-8-5-4-6-12(14)9-10-16(19)21/h4-6,8,13H,2-3,7,9-11H2,1H3,(H,18,20)(H,22,23). The minimum Gasteiger partial charge on any atom is -0.480 e. The van der Waals surface area contributed by atoms with Crippen LogP contribution in [0.5, 0.6) is 0 Å². The van der Waals surface area contributed by atoms with Gasteiger partial charge >= 0.3 is 5.97 Å². The number of nitrogens with one attached hydrogen (secondary N) is 1. The number of anilines is 1. The highest BCUT2D eigenvalue weighted by Gasteiger charge is 2.27. The third kappa shape index (κ3) is 4.31. The van der Waals surface area contributed by atoms with E-state index in [1.807, 2.05) is 31.2 Å². The van der Waals surface area contributed by atoms with Crippen LogP contribution in [-0.2, 0) is 20.8 Å². The number of benzene rings is 1. The first-order valence-corrected chi connectivity index (χ1v) is 7.93. The highest BCUT2D eigenvalue weighted by atomic mass is 16.4. The van der Waals surface area contributed by atoms with Gasteiger partial charge in [0.1, 0.15) is 12.6 Å². The van der Waals surface area contributed by atoms with Gasteiger partial charge in [-0.15, -0.1) is 0 Å². The van der Waals surface area contributed by atoms with Crippen LogP contribution in [0, 0.1) is 0 Å². The Kier molecular flexibility index (Phi) is 5.73. The molecular weight excluding hydrogens is 296 g/mol. The number of nitrogens with zero attached hydrogens (tertiary/aromatic N) is 1. The zero-order chi connectivity index (χ0) is 16.8. The number of hydrogen-bond acceptors (Lipinski definition) is 3. The molecule has 0 radical (unpaired) electrons. The molecular formula is C17H22N2O4. The fourth-order valence-electron chi connectivity index (χ4n) is 2.72. The number of para-hydroxylation sites is 1. The van der Waals surface area contributed by atoms with Crippen molar-refractivity contribution in [1.29, 1.82) is 0 Å². The predicted molar refractivity (Wildman–Crippen MR) is 86.2 cm³/mol. The largest absolute Gasteiger partial charge is 0.480 e. The van der Waals surface area contributed by atoms with Crippen molar-refractivity contribution < 1.29 is 19.5 Å². The lowest BCUT2D eigenvalue weighted by atomic mass is 10.0. The summed E-state index contributed by atoms with van der Waals surface area (Å²) in [5, 5.41) is 11.7. The van der Waals surface area contributed by atoms with Crippen molar-refractivity contribution in [3.63, 3.8) is 0 Å². The monoisotopic (exact) mass is 318 g/mol. The molecule has 0 aromatic heterocycles. The Morgan fingerprint density at radius 1 is 1.30 bits per heavy atom. The topological polar surface area (TPSA) is 86.7 Å². The third-order valence-corrected chi connectivity index (χ3v) is 3.97. The second-order valence-electron chi connectivity index (χ2n) is 5.71. The first kappa shape index (κ1) is 17.0. The van der Waals surface area contributed by atoms with Gasteiger partial charge in [0.05, 0.1) is 0 Å². The van der Waals surface area contributed by atoms with Crippen LogP contribution in [0.4, 0.5) is 5.69 Å². The fraction of sp³-hybridized carbons (Fsp3) is 0.471. The summed E-state index contributed by atoms with van der Waals surface area (Å²) >= 11 is 0. The molecule has 23 heavy (non-hydrogen) atoms. The van der Waals surface area contributed by atoms with Crippen LogP contribution in [0.25, 0.3) is 0 Å². The Morgan fingerprint density at radius 2 is 2.04 bits per heavy atom. The van der Waals surface area contributed by atoms with E-state index < -0.39 is 17.9 Å². The van der Waals surface area contributed by atoms with Crippen LogP contribution in [0.1, 0.15) is 38.2 Å². The zero-order valence-electron chi connectivity index (χ0n) is 13.2. The molecule has 1 aromatic carbocycles. The number of hydrogen-bond donors (Lipinski definition) is 2. The molecule has 2 N–H and O–H groups in total. The molecule has 0 bridgehead atoms. The van der Waals surface area contributed by atoms with Gasteiger partial charge in [0, 0.05) is 12.1 Å². The molecule has 0 aliphatic carbocycles. The van der Waals surface area contributed by atoms with E-state index in [0.717, 1.165) is 24.1 Å². The Labute approximate surface area is 135 Å². The van der Waals surface area contributed by atoms with Gasteiger partial charge in [0.25, 0.3) is 0 Å². The van der Waals surface area contributed by atoms with E-state index in [1.165, 1.54) is 4.90 Å². The smallest absolute Gasteiger partial charge is 0.326 e. The van der Waals surface area contributed by atoms with Crippen LogP contribution in [0.3, 0.4) is 0 Å². The van der Waals surface area contributed by atoms with Crippen molar-refractivity contribution >= 4 is 23.5 Å². The van der Waals surface area contributed by atoms with Gasteiger partial charge in [0.15, 0.2) is 0 Å². The second kappa shape index (κ2) is 7.76. The van der Waals surface area contributed by atoms with Gasteiger partial charge in [-0.2, -0.15) is 0 Å². The van der Waals surface area contributed by atoms with E-state index >= 15 is 0 Å². The van der Waals surface area contributed by atoms with Crippen LogP contribution in [0.2, 0.25) is 0 Å². The molecule has 0 saturated carbocycles. The zero-order valence-corrected chi connectivity index (χ0v) is 13.2. The number of carboxylic acid groups (broad SMARTS) is 1. The molecule has 1 aliphatic heterocycles.